The molecule has 2 aromatic carbocycles. The molecular weight excluding hydrogens is 284 g/mol. The Morgan fingerprint density at radius 1 is 1.06 bits per heavy atom. The standard InChI is InChI=1S/C13H7BrO3/c14-11-9(15)6-5-8-12(16)7-3-1-2-4-10(7)17-13(8)11/h1-6,15H. The summed E-state index contributed by atoms with van der Waals surface area (Å²) in [6.07, 6.45) is 0. The fraction of sp³-hybridized carbons (Fsp3) is 0. The minimum Gasteiger partial charge on any atom is -0.507 e. The number of benzene rings is 2. The number of hydrogen-bond donors (Lipinski definition) is 1. The van der Waals surface area contributed by atoms with Crippen LogP contribution in [0.15, 0.2) is 50.1 Å². The van der Waals surface area contributed by atoms with Crippen LogP contribution in [0.1, 0.15) is 0 Å². The van der Waals surface area contributed by atoms with Gasteiger partial charge in [-0.05, 0) is 40.2 Å². The predicted molar refractivity (Wildman–Crippen MR) is 69.4 cm³/mol. The number of para-hydroxylation sites is 1. The minimum atomic E-state index is -0.0949. The second kappa shape index (κ2) is 3.60. The molecule has 1 N–H and O–H groups in total. The van der Waals surface area contributed by atoms with Crippen molar-refractivity contribution in [3.8, 4) is 5.75 Å². The molecule has 0 aliphatic carbocycles. The van der Waals surface area contributed by atoms with Gasteiger partial charge in [0.1, 0.15) is 15.8 Å². The van der Waals surface area contributed by atoms with Crippen LogP contribution in [0, 0.1) is 0 Å². The number of halogens is 1. The lowest BCUT2D eigenvalue weighted by atomic mass is 10.1. The third-order valence-electron chi connectivity index (χ3n) is 2.67. The molecule has 3 rings (SSSR count). The van der Waals surface area contributed by atoms with Gasteiger partial charge in [-0.3, -0.25) is 4.79 Å². The molecule has 0 fully saturated rings. The average Bonchev–Trinajstić information content (AvgIpc) is 2.35. The Morgan fingerprint density at radius 2 is 1.82 bits per heavy atom. The maximum absolute atomic E-state index is 12.2. The number of rotatable bonds is 0. The first-order chi connectivity index (χ1) is 8.18. The second-order valence-electron chi connectivity index (χ2n) is 3.70. The molecule has 1 heterocycles. The van der Waals surface area contributed by atoms with Gasteiger partial charge < -0.3 is 9.52 Å². The number of phenolic OH excluding ortho intramolecular Hbond substituents is 1. The average molecular weight is 291 g/mol. The van der Waals surface area contributed by atoms with Crippen LogP contribution in [0.2, 0.25) is 0 Å². The highest BCUT2D eigenvalue weighted by atomic mass is 79.9. The van der Waals surface area contributed by atoms with Gasteiger partial charge in [-0.1, -0.05) is 12.1 Å². The zero-order chi connectivity index (χ0) is 12.0. The molecule has 3 aromatic rings. The van der Waals surface area contributed by atoms with Crippen LogP contribution in [0.4, 0.5) is 0 Å². The molecule has 0 spiro atoms. The maximum atomic E-state index is 12.2. The lowest BCUT2D eigenvalue weighted by Gasteiger charge is -2.03. The summed E-state index contributed by atoms with van der Waals surface area (Å²) < 4.78 is 6.03. The maximum Gasteiger partial charge on any atom is 0.200 e. The van der Waals surface area contributed by atoms with E-state index < -0.39 is 0 Å². The van der Waals surface area contributed by atoms with E-state index in [-0.39, 0.29) is 11.2 Å². The van der Waals surface area contributed by atoms with Crippen LogP contribution >= 0.6 is 15.9 Å². The molecule has 0 aliphatic heterocycles. The summed E-state index contributed by atoms with van der Waals surface area (Å²) in [7, 11) is 0. The Hall–Kier alpha value is -1.81. The van der Waals surface area contributed by atoms with Gasteiger partial charge in [0.05, 0.1) is 10.8 Å². The fourth-order valence-corrected chi connectivity index (χ4v) is 2.25. The van der Waals surface area contributed by atoms with Crippen LogP contribution in [0.3, 0.4) is 0 Å². The predicted octanol–water partition coefficient (Wildman–Crippen LogP) is 3.41. The fourth-order valence-electron chi connectivity index (χ4n) is 1.82. The Kier molecular flexibility index (Phi) is 2.19. The number of aromatic hydroxyl groups is 1. The first-order valence-corrected chi connectivity index (χ1v) is 5.81. The van der Waals surface area contributed by atoms with E-state index in [2.05, 4.69) is 15.9 Å². The van der Waals surface area contributed by atoms with Gasteiger partial charge in [-0.25, -0.2) is 0 Å². The molecule has 3 nitrogen and oxygen atoms in total. The van der Waals surface area contributed by atoms with Crippen LogP contribution < -0.4 is 5.43 Å². The highest BCUT2D eigenvalue weighted by Crippen LogP contribution is 2.32. The van der Waals surface area contributed by atoms with E-state index in [4.69, 9.17) is 4.42 Å². The van der Waals surface area contributed by atoms with Crippen molar-refractivity contribution in [1.29, 1.82) is 0 Å². The van der Waals surface area contributed by atoms with Crippen LogP contribution in [0.25, 0.3) is 21.9 Å². The van der Waals surface area contributed by atoms with Crippen LogP contribution in [-0.2, 0) is 0 Å². The van der Waals surface area contributed by atoms with Crippen molar-refractivity contribution < 1.29 is 9.52 Å². The van der Waals surface area contributed by atoms with Crippen molar-refractivity contribution in [2.24, 2.45) is 0 Å². The SMILES string of the molecule is O=c1c2ccccc2oc2c(Br)c(O)ccc12. The van der Waals surface area contributed by atoms with Gasteiger partial charge in [-0.15, -0.1) is 0 Å². The van der Waals surface area contributed by atoms with E-state index in [1.807, 2.05) is 0 Å². The summed E-state index contributed by atoms with van der Waals surface area (Å²) in [4.78, 5) is 12.2. The molecule has 0 bridgehead atoms. The molecule has 4 heteroatoms. The highest BCUT2D eigenvalue weighted by Gasteiger charge is 2.11. The molecule has 0 aliphatic rings. The van der Waals surface area contributed by atoms with E-state index in [1.54, 1.807) is 30.3 Å². The van der Waals surface area contributed by atoms with Gasteiger partial charge in [0.15, 0.2) is 5.58 Å². The van der Waals surface area contributed by atoms with E-state index in [9.17, 15) is 9.90 Å². The first-order valence-electron chi connectivity index (χ1n) is 5.01. The van der Waals surface area contributed by atoms with Gasteiger partial charge >= 0.3 is 0 Å². The van der Waals surface area contributed by atoms with E-state index in [1.165, 1.54) is 6.07 Å². The Morgan fingerprint density at radius 3 is 2.65 bits per heavy atom. The number of fused-ring (bicyclic) bond motifs is 2. The van der Waals surface area contributed by atoms with Crippen molar-refractivity contribution in [3.63, 3.8) is 0 Å². The molecule has 17 heavy (non-hydrogen) atoms. The summed E-state index contributed by atoms with van der Waals surface area (Å²) in [6, 6.07) is 10.1. The largest absolute Gasteiger partial charge is 0.507 e. The van der Waals surface area contributed by atoms with Crippen LogP contribution in [-0.4, -0.2) is 5.11 Å². The lowest BCUT2D eigenvalue weighted by molar-refractivity contribution is 0.471. The lowest BCUT2D eigenvalue weighted by Crippen LogP contribution is -2.01. The molecule has 0 unspecified atom stereocenters. The van der Waals surface area contributed by atoms with Gasteiger partial charge in [0, 0.05) is 0 Å². The first kappa shape index (κ1) is 10.4. The third-order valence-corrected chi connectivity index (χ3v) is 3.43. The topological polar surface area (TPSA) is 50.4 Å². The van der Waals surface area contributed by atoms with Crippen molar-refractivity contribution in [3.05, 3.63) is 51.1 Å². The Balaban J connectivity index is 2.64. The summed E-state index contributed by atoms with van der Waals surface area (Å²) >= 11 is 3.22. The van der Waals surface area contributed by atoms with E-state index in [0.29, 0.717) is 26.4 Å². The number of hydrogen-bond acceptors (Lipinski definition) is 3. The molecule has 0 amide bonds. The second-order valence-corrected chi connectivity index (χ2v) is 4.50. The quantitative estimate of drug-likeness (QED) is 0.646. The van der Waals surface area contributed by atoms with Gasteiger partial charge in [0.25, 0.3) is 0 Å². The summed E-state index contributed by atoms with van der Waals surface area (Å²) in [5.41, 5.74) is 0.785. The molecule has 0 atom stereocenters. The molecule has 0 radical (unpaired) electrons. The zero-order valence-corrected chi connectivity index (χ0v) is 10.2. The normalized spacial score (nSPS) is 11.1. The summed E-state index contributed by atoms with van der Waals surface area (Å²) in [5.74, 6) is 0.0518. The smallest absolute Gasteiger partial charge is 0.200 e. The minimum absolute atomic E-state index is 0.0518. The van der Waals surface area contributed by atoms with Crippen molar-refractivity contribution in [2.45, 2.75) is 0 Å². The van der Waals surface area contributed by atoms with Crippen LogP contribution in [0.5, 0.6) is 5.75 Å². The van der Waals surface area contributed by atoms with E-state index >= 15 is 0 Å². The van der Waals surface area contributed by atoms with Crippen molar-refractivity contribution in [1.82, 2.24) is 0 Å². The monoisotopic (exact) mass is 290 g/mol. The Labute approximate surface area is 104 Å². The third kappa shape index (κ3) is 1.45. The Bertz CT molecular complexity index is 790. The van der Waals surface area contributed by atoms with Crippen molar-refractivity contribution >= 4 is 37.9 Å². The summed E-state index contributed by atoms with van der Waals surface area (Å²) in [6.45, 7) is 0. The molecule has 1 aromatic heterocycles. The molecular formula is C13H7BrO3. The van der Waals surface area contributed by atoms with Crippen molar-refractivity contribution in [2.75, 3.05) is 0 Å². The summed E-state index contributed by atoms with van der Waals surface area (Å²) in [5, 5.41) is 10.6. The highest BCUT2D eigenvalue weighted by molar-refractivity contribution is 9.10. The number of phenols is 1. The molecule has 0 saturated carbocycles. The van der Waals surface area contributed by atoms with E-state index in [0.717, 1.165) is 0 Å². The van der Waals surface area contributed by atoms with Gasteiger partial charge in [0.2, 0.25) is 5.43 Å². The molecule has 84 valence electrons. The zero-order valence-electron chi connectivity index (χ0n) is 8.61. The molecule has 0 saturated heterocycles. The van der Waals surface area contributed by atoms with Gasteiger partial charge in [-0.2, -0.15) is 0 Å².